The van der Waals surface area contributed by atoms with E-state index >= 15 is 0 Å². The third-order valence-corrected chi connectivity index (χ3v) is 4.74. The lowest BCUT2D eigenvalue weighted by atomic mass is 10.1. The van der Waals surface area contributed by atoms with E-state index in [1.165, 1.54) is 11.3 Å². The van der Waals surface area contributed by atoms with Gasteiger partial charge >= 0.3 is 0 Å². The fourth-order valence-electron chi connectivity index (χ4n) is 2.15. The van der Waals surface area contributed by atoms with E-state index in [1.54, 1.807) is 4.73 Å². The van der Waals surface area contributed by atoms with Gasteiger partial charge in [-0.2, -0.15) is 4.73 Å². The molecule has 2 nitrogen and oxygen atoms in total. The minimum atomic E-state index is -0.0893. The summed E-state index contributed by atoms with van der Waals surface area (Å²) in [5.74, 6) is 0. The Labute approximate surface area is 143 Å². The van der Waals surface area contributed by atoms with Crippen molar-refractivity contribution in [2.45, 2.75) is 13.0 Å². The topological polar surface area (TPSA) is 14.2 Å². The van der Waals surface area contributed by atoms with Crippen molar-refractivity contribution in [3.63, 3.8) is 0 Å². The molecule has 0 aliphatic carbocycles. The van der Waals surface area contributed by atoms with Crippen molar-refractivity contribution >= 4 is 35.2 Å². The summed E-state index contributed by atoms with van der Waals surface area (Å²) in [7, 11) is 0. The Morgan fingerprint density at radius 2 is 1.77 bits per heavy atom. The van der Waals surface area contributed by atoms with Crippen LogP contribution >= 0.6 is 35.2 Å². The van der Waals surface area contributed by atoms with Crippen molar-refractivity contribution < 1.29 is 4.84 Å². The van der Waals surface area contributed by atoms with E-state index < -0.39 is 0 Å². The van der Waals surface area contributed by atoms with Crippen LogP contribution in [0.3, 0.4) is 0 Å². The molecule has 0 aliphatic heterocycles. The molecule has 0 bridgehead atoms. The van der Waals surface area contributed by atoms with Crippen molar-refractivity contribution in [3.05, 3.63) is 74.5 Å². The molecular weight excluding hydrogens is 334 g/mol. The Kier molecular flexibility index (Phi) is 4.62. The molecule has 112 valence electrons. The maximum absolute atomic E-state index is 6.08. The summed E-state index contributed by atoms with van der Waals surface area (Å²) in [5.41, 5.74) is 3.07. The average Bonchev–Trinajstić information content (AvgIpc) is 2.90. The first-order valence-electron chi connectivity index (χ1n) is 6.84. The van der Waals surface area contributed by atoms with Gasteiger partial charge in [0.05, 0.1) is 5.69 Å². The summed E-state index contributed by atoms with van der Waals surface area (Å²) >= 11 is 12.8. The van der Waals surface area contributed by atoms with E-state index in [2.05, 4.69) is 0 Å². The predicted octanol–water partition coefficient (Wildman–Crippen LogP) is 5.79. The van der Waals surface area contributed by atoms with Crippen LogP contribution in [0.2, 0.25) is 5.02 Å². The van der Waals surface area contributed by atoms with Crippen LogP contribution in [-0.4, -0.2) is 4.73 Å². The number of hydrogen-bond acceptors (Lipinski definition) is 3. The summed E-state index contributed by atoms with van der Waals surface area (Å²) < 4.78 is 2.41. The molecule has 0 radical (unpaired) electrons. The van der Waals surface area contributed by atoms with Crippen LogP contribution in [0.25, 0.3) is 11.3 Å². The zero-order valence-corrected chi connectivity index (χ0v) is 14.3. The van der Waals surface area contributed by atoms with Gasteiger partial charge in [0, 0.05) is 16.0 Å². The van der Waals surface area contributed by atoms with Crippen LogP contribution in [0, 0.1) is 3.95 Å². The van der Waals surface area contributed by atoms with Crippen molar-refractivity contribution in [2.75, 3.05) is 0 Å². The molecule has 5 heteroatoms. The normalized spacial score (nSPS) is 12.1. The Hall–Kier alpha value is -1.62. The third-order valence-electron chi connectivity index (χ3n) is 3.33. The zero-order chi connectivity index (χ0) is 15.5. The fraction of sp³-hybridized carbons (Fsp3) is 0.118. The molecule has 0 amide bonds. The maximum Gasteiger partial charge on any atom is 0.197 e. The highest BCUT2D eigenvalue weighted by atomic mass is 35.5. The fourth-order valence-corrected chi connectivity index (χ4v) is 3.24. The number of aromatic nitrogens is 1. The van der Waals surface area contributed by atoms with Gasteiger partial charge < -0.3 is 4.84 Å². The van der Waals surface area contributed by atoms with Gasteiger partial charge in [0.2, 0.25) is 0 Å². The SMILES string of the molecule is CC(On1c(-c2ccc(Cl)cc2)csc1=S)c1ccccc1. The number of benzene rings is 2. The second-order valence-corrected chi connectivity index (χ2v) is 6.79. The van der Waals surface area contributed by atoms with E-state index in [9.17, 15) is 0 Å². The highest BCUT2D eigenvalue weighted by molar-refractivity contribution is 7.73. The van der Waals surface area contributed by atoms with E-state index in [0.717, 1.165) is 16.8 Å². The Morgan fingerprint density at radius 1 is 1.09 bits per heavy atom. The molecule has 22 heavy (non-hydrogen) atoms. The molecule has 0 N–H and O–H groups in total. The first-order chi connectivity index (χ1) is 10.6. The third kappa shape index (κ3) is 3.24. The second kappa shape index (κ2) is 6.65. The molecule has 1 aromatic heterocycles. The number of halogens is 1. The summed E-state index contributed by atoms with van der Waals surface area (Å²) in [6.45, 7) is 2.01. The van der Waals surface area contributed by atoms with Crippen molar-refractivity contribution in [1.29, 1.82) is 0 Å². The average molecular weight is 348 g/mol. The minimum Gasteiger partial charge on any atom is -0.404 e. The number of rotatable bonds is 4. The molecule has 0 fully saturated rings. The first-order valence-corrected chi connectivity index (χ1v) is 8.50. The molecule has 1 heterocycles. The quantitative estimate of drug-likeness (QED) is 0.554. The van der Waals surface area contributed by atoms with Crippen molar-refractivity contribution in [1.82, 2.24) is 4.73 Å². The van der Waals surface area contributed by atoms with Gasteiger partial charge in [-0.1, -0.05) is 54.1 Å². The molecule has 1 unspecified atom stereocenters. The number of hydrogen-bond donors (Lipinski definition) is 0. The second-order valence-electron chi connectivity index (χ2n) is 4.85. The van der Waals surface area contributed by atoms with E-state index in [4.69, 9.17) is 28.7 Å². The van der Waals surface area contributed by atoms with Gasteiger partial charge in [-0.05, 0) is 36.8 Å². The zero-order valence-electron chi connectivity index (χ0n) is 11.9. The molecule has 0 saturated carbocycles. The van der Waals surface area contributed by atoms with Gasteiger partial charge in [0.25, 0.3) is 0 Å². The van der Waals surface area contributed by atoms with Gasteiger partial charge in [-0.3, -0.25) is 0 Å². The van der Waals surface area contributed by atoms with Gasteiger partial charge in [-0.15, -0.1) is 11.3 Å². The summed E-state index contributed by atoms with van der Waals surface area (Å²) in [6, 6.07) is 17.7. The molecule has 0 saturated heterocycles. The standard InChI is InChI=1S/C17H14ClNOS2/c1-12(13-5-3-2-4-6-13)20-19-16(11-22-17(19)21)14-7-9-15(18)10-8-14/h2-12H,1H3. The van der Waals surface area contributed by atoms with Gasteiger partial charge in [0.15, 0.2) is 3.95 Å². The number of nitrogens with zero attached hydrogens (tertiary/aromatic N) is 1. The smallest absolute Gasteiger partial charge is 0.197 e. The summed E-state index contributed by atoms with van der Waals surface area (Å²) in [5, 5.41) is 2.71. The van der Waals surface area contributed by atoms with E-state index in [1.807, 2.05) is 66.9 Å². The van der Waals surface area contributed by atoms with Gasteiger partial charge in [0.1, 0.15) is 6.10 Å². The Morgan fingerprint density at radius 3 is 2.45 bits per heavy atom. The summed E-state index contributed by atoms with van der Waals surface area (Å²) in [6.07, 6.45) is -0.0893. The highest BCUT2D eigenvalue weighted by Gasteiger charge is 2.13. The lowest BCUT2D eigenvalue weighted by Crippen LogP contribution is -2.16. The van der Waals surface area contributed by atoms with Crippen LogP contribution in [0.5, 0.6) is 0 Å². The molecule has 2 aromatic carbocycles. The highest BCUT2D eigenvalue weighted by Crippen LogP contribution is 2.26. The number of thiazole rings is 1. The van der Waals surface area contributed by atoms with E-state index in [-0.39, 0.29) is 6.10 Å². The minimum absolute atomic E-state index is 0.0893. The van der Waals surface area contributed by atoms with Crippen molar-refractivity contribution in [3.8, 4) is 11.3 Å². The lowest BCUT2D eigenvalue weighted by Gasteiger charge is -2.17. The van der Waals surface area contributed by atoms with Crippen LogP contribution in [0.4, 0.5) is 0 Å². The van der Waals surface area contributed by atoms with Crippen LogP contribution in [0.15, 0.2) is 60.0 Å². The molecule has 0 spiro atoms. The predicted molar refractivity (Wildman–Crippen MR) is 95.0 cm³/mol. The molecule has 1 atom stereocenters. The maximum atomic E-state index is 6.08. The lowest BCUT2D eigenvalue weighted by molar-refractivity contribution is 0.0500. The van der Waals surface area contributed by atoms with Crippen molar-refractivity contribution in [2.24, 2.45) is 0 Å². The monoisotopic (exact) mass is 347 g/mol. The Bertz CT molecular complexity index is 809. The summed E-state index contributed by atoms with van der Waals surface area (Å²) in [4.78, 5) is 6.08. The largest absolute Gasteiger partial charge is 0.404 e. The first kappa shape index (κ1) is 15.3. The molecule has 3 rings (SSSR count). The van der Waals surface area contributed by atoms with Crippen LogP contribution in [-0.2, 0) is 0 Å². The van der Waals surface area contributed by atoms with Crippen LogP contribution in [0.1, 0.15) is 18.6 Å². The Balaban J connectivity index is 1.93. The molecular formula is C17H14ClNOS2. The van der Waals surface area contributed by atoms with Crippen LogP contribution < -0.4 is 4.84 Å². The molecule has 0 aliphatic rings. The van der Waals surface area contributed by atoms with E-state index in [0.29, 0.717) is 8.98 Å². The van der Waals surface area contributed by atoms with Gasteiger partial charge in [-0.25, -0.2) is 0 Å². The molecule has 3 aromatic rings.